The van der Waals surface area contributed by atoms with E-state index in [0.717, 1.165) is 37.9 Å². The minimum atomic E-state index is -3.55. The summed E-state index contributed by atoms with van der Waals surface area (Å²) in [5.74, 6) is -0.404. The monoisotopic (exact) mass is 474 g/mol. The van der Waals surface area contributed by atoms with Crippen LogP contribution in [-0.2, 0) is 16.6 Å². The summed E-state index contributed by atoms with van der Waals surface area (Å²) in [5, 5.41) is 14.1. The van der Waals surface area contributed by atoms with Crippen LogP contribution in [-0.4, -0.2) is 49.7 Å². The Bertz CT molecular complexity index is 1090. The van der Waals surface area contributed by atoms with E-state index in [1.165, 1.54) is 28.6 Å². The van der Waals surface area contributed by atoms with Gasteiger partial charge in [-0.3, -0.25) is 14.9 Å². The fourth-order valence-corrected chi connectivity index (χ4v) is 5.46. The highest BCUT2D eigenvalue weighted by Gasteiger charge is 2.23. The average Bonchev–Trinajstić information content (AvgIpc) is 2.83. The molecule has 0 aromatic heterocycles. The van der Waals surface area contributed by atoms with Gasteiger partial charge in [0, 0.05) is 44.9 Å². The molecule has 1 amide bonds. The molecule has 178 valence electrons. The van der Waals surface area contributed by atoms with Crippen molar-refractivity contribution in [3.8, 4) is 0 Å². The van der Waals surface area contributed by atoms with Gasteiger partial charge in [0.15, 0.2) is 0 Å². The highest BCUT2D eigenvalue weighted by molar-refractivity contribution is 7.89. The number of benzene rings is 2. The van der Waals surface area contributed by atoms with Crippen LogP contribution in [0.15, 0.2) is 47.4 Å². The molecule has 10 heteroatoms. The number of nitro benzene ring substituents is 1. The molecule has 0 unspecified atom stereocenters. The summed E-state index contributed by atoms with van der Waals surface area (Å²) in [6.45, 7) is 6.14. The number of nitrogens with zero attached hydrogens (tertiary/aromatic N) is 3. The molecule has 0 atom stereocenters. The van der Waals surface area contributed by atoms with Crippen molar-refractivity contribution in [1.82, 2.24) is 9.62 Å². The predicted molar refractivity (Wildman–Crippen MR) is 127 cm³/mol. The second-order valence-electron chi connectivity index (χ2n) is 7.92. The Morgan fingerprint density at radius 1 is 1.06 bits per heavy atom. The van der Waals surface area contributed by atoms with Crippen LogP contribution in [0.25, 0.3) is 0 Å². The van der Waals surface area contributed by atoms with Gasteiger partial charge >= 0.3 is 0 Å². The summed E-state index contributed by atoms with van der Waals surface area (Å²) in [4.78, 5) is 26.0. The summed E-state index contributed by atoms with van der Waals surface area (Å²) >= 11 is 0. The lowest BCUT2D eigenvalue weighted by Crippen LogP contribution is -2.32. The van der Waals surface area contributed by atoms with E-state index in [9.17, 15) is 23.3 Å². The van der Waals surface area contributed by atoms with Gasteiger partial charge in [0.1, 0.15) is 0 Å². The van der Waals surface area contributed by atoms with E-state index in [-0.39, 0.29) is 22.7 Å². The van der Waals surface area contributed by atoms with E-state index < -0.39 is 20.9 Å². The number of rotatable bonds is 9. The van der Waals surface area contributed by atoms with Crippen LogP contribution in [0.2, 0.25) is 0 Å². The van der Waals surface area contributed by atoms with Crippen LogP contribution in [0, 0.1) is 10.1 Å². The van der Waals surface area contributed by atoms with Crippen molar-refractivity contribution in [2.45, 2.75) is 44.6 Å². The fraction of sp³-hybridized carbons (Fsp3) is 0.435. The van der Waals surface area contributed by atoms with E-state index in [1.807, 2.05) is 0 Å². The SMILES string of the molecule is CCN(CC)S(=O)(=O)c1ccc(CNC(=O)c2cc([N+](=O)[O-])ccc2N2CCCCC2)cc1. The van der Waals surface area contributed by atoms with E-state index in [0.29, 0.717) is 18.8 Å². The van der Waals surface area contributed by atoms with Gasteiger partial charge in [-0.15, -0.1) is 0 Å². The highest BCUT2D eigenvalue weighted by Crippen LogP contribution is 2.28. The van der Waals surface area contributed by atoms with Crippen molar-refractivity contribution >= 4 is 27.3 Å². The minimum absolute atomic E-state index is 0.133. The van der Waals surface area contributed by atoms with Gasteiger partial charge in [0.25, 0.3) is 11.6 Å². The van der Waals surface area contributed by atoms with Crippen LogP contribution >= 0.6 is 0 Å². The number of anilines is 1. The van der Waals surface area contributed by atoms with Gasteiger partial charge in [-0.2, -0.15) is 4.31 Å². The number of nitro groups is 1. The molecular formula is C23H30N4O5S. The molecule has 1 fully saturated rings. The van der Waals surface area contributed by atoms with E-state index in [1.54, 1.807) is 32.0 Å². The Morgan fingerprint density at radius 2 is 1.70 bits per heavy atom. The van der Waals surface area contributed by atoms with Crippen molar-refractivity contribution in [2.24, 2.45) is 0 Å². The molecule has 1 saturated heterocycles. The molecule has 1 heterocycles. The number of non-ortho nitro benzene ring substituents is 1. The molecule has 0 aliphatic carbocycles. The normalized spacial score (nSPS) is 14.3. The smallest absolute Gasteiger partial charge is 0.270 e. The number of sulfonamides is 1. The molecule has 0 saturated carbocycles. The topological polar surface area (TPSA) is 113 Å². The number of piperidine rings is 1. The molecule has 0 spiro atoms. The first kappa shape index (κ1) is 24.7. The van der Waals surface area contributed by atoms with E-state index in [2.05, 4.69) is 10.2 Å². The molecule has 1 aliphatic rings. The molecule has 2 aromatic rings. The largest absolute Gasteiger partial charge is 0.371 e. The molecular weight excluding hydrogens is 444 g/mol. The predicted octanol–water partition coefficient (Wildman–Crippen LogP) is 3.55. The molecule has 3 rings (SSSR count). The zero-order valence-electron chi connectivity index (χ0n) is 19.0. The zero-order valence-corrected chi connectivity index (χ0v) is 19.8. The maximum Gasteiger partial charge on any atom is 0.270 e. The van der Waals surface area contributed by atoms with Crippen LogP contribution in [0.1, 0.15) is 49.0 Å². The van der Waals surface area contributed by atoms with E-state index >= 15 is 0 Å². The maximum atomic E-state index is 13.0. The summed E-state index contributed by atoms with van der Waals surface area (Å²) in [5.41, 5.74) is 1.56. The molecule has 1 aliphatic heterocycles. The molecule has 9 nitrogen and oxygen atoms in total. The van der Waals surface area contributed by atoms with Crippen molar-refractivity contribution in [3.63, 3.8) is 0 Å². The lowest BCUT2D eigenvalue weighted by atomic mass is 10.1. The first-order chi connectivity index (χ1) is 15.8. The van der Waals surface area contributed by atoms with Gasteiger partial charge in [0.05, 0.1) is 21.1 Å². The third-order valence-corrected chi connectivity index (χ3v) is 7.92. The highest BCUT2D eigenvalue weighted by atomic mass is 32.2. The van der Waals surface area contributed by atoms with Crippen LogP contribution in [0.3, 0.4) is 0 Å². The number of hydrogen-bond donors (Lipinski definition) is 1. The Kier molecular flexibility index (Phi) is 8.04. The van der Waals surface area contributed by atoms with E-state index in [4.69, 9.17) is 0 Å². The number of amides is 1. The van der Waals surface area contributed by atoms with Gasteiger partial charge < -0.3 is 10.2 Å². The molecule has 0 bridgehead atoms. The zero-order chi connectivity index (χ0) is 24.0. The summed E-state index contributed by atoms with van der Waals surface area (Å²) in [7, 11) is -3.55. The van der Waals surface area contributed by atoms with Crippen LogP contribution < -0.4 is 10.2 Å². The van der Waals surface area contributed by atoms with Gasteiger partial charge in [-0.1, -0.05) is 26.0 Å². The Hall–Kier alpha value is -2.98. The Balaban J connectivity index is 1.76. The fourth-order valence-electron chi connectivity index (χ4n) is 4.00. The summed E-state index contributed by atoms with van der Waals surface area (Å²) < 4.78 is 26.6. The second kappa shape index (κ2) is 10.8. The summed E-state index contributed by atoms with van der Waals surface area (Å²) in [6.07, 6.45) is 3.16. The number of hydrogen-bond acceptors (Lipinski definition) is 6. The van der Waals surface area contributed by atoms with Gasteiger partial charge in [-0.25, -0.2) is 8.42 Å². The van der Waals surface area contributed by atoms with Gasteiger partial charge in [0.2, 0.25) is 10.0 Å². The lowest BCUT2D eigenvalue weighted by molar-refractivity contribution is -0.384. The van der Waals surface area contributed by atoms with Crippen molar-refractivity contribution in [1.29, 1.82) is 0 Å². The molecule has 33 heavy (non-hydrogen) atoms. The third-order valence-electron chi connectivity index (χ3n) is 5.85. The lowest BCUT2D eigenvalue weighted by Gasteiger charge is -2.30. The second-order valence-corrected chi connectivity index (χ2v) is 9.86. The molecule has 2 aromatic carbocycles. The number of nitrogens with one attached hydrogen (secondary N) is 1. The maximum absolute atomic E-state index is 13.0. The standard InChI is InChI=1S/C23H30N4O5S/c1-3-26(4-2)33(31,32)20-11-8-18(9-12-20)17-24-23(28)21-16-19(27(29)30)10-13-22(21)25-14-6-5-7-15-25/h8-13,16H,3-7,14-15,17H2,1-2H3,(H,24,28). The Morgan fingerprint density at radius 3 is 2.27 bits per heavy atom. The van der Waals surface area contributed by atoms with Crippen molar-refractivity contribution in [2.75, 3.05) is 31.1 Å². The Labute approximate surface area is 194 Å². The van der Waals surface area contributed by atoms with Crippen molar-refractivity contribution in [3.05, 3.63) is 63.7 Å². The van der Waals surface area contributed by atoms with Crippen LogP contribution in [0.4, 0.5) is 11.4 Å². The minimum Gasteiger partial charge on any atom is -0.371 e. The third kappa shape index (κ3) is 5.69. The molecule has 1 N–H and O–H groups in total. The quantitative estimate of drug-likeness (QED) is 0.439. The average molecular weight is 475 g/mol. The first-order valence-electron chi connectivity index (χ1n) is 11.2. The van der Waals surface area contributed by atoms with Crippen molar-refractivity contribution < 1.29 is 18.1 Å². The number of carbonyl (C=O) groups is 1. The van der Waals surface area contributed by atoms with Gasteiger partial charge in [-0.05, 0) is 43.0 Å². The molecule has 0 radical (unpaired) electrons. The summed E-state index contributed by atoms with van der Waals surface area (Å²) in [6, 6.07) is 10.8. The number of carbonyl (C=O) groups excluding carboxylic acids is 1. The first-order valence-corrected chi connectivity index (χ1v) is 12.6. The van der Waals surface area contributed by atoms with Crippen LogP contribution in [0.5, 0.6) is 0 Å².